The van der Waals surface area contributed by atoms with Gasteiger partial charge in [0.25, 0.3) is 5.91 Å². The summed E-state index contributed by atoms with van der Waals surface area (Å²) in [5.74, 6) is 0.857. The summed E-state index contributed by atoms with van der Waals surface area (Å²) in [6, 6.07) is 6.21. The molecule has 0 radical (unpaired) electrons. The van der Waals surface area contributed by atoms with Crippen molar-refractivity contribution in [1.29, 1.82) is 0 Å². The minimum Gasteiger partial charge on any atom is -0.372 e. The Hall–Kier alpha value is -3.70. The van der Waals surface area contributed by atoms with Crippen molar-refractivity contribution < 1.29 is 9.53 Å². The molecule has 10 nitrogen and oxygen atoms in total. The first-order valence-corrected chi connectivity index (χ1v) is 12.8. The molecular weight excluding hydrogens is 478 g/mol. The summed E-state index contributed by atoms with van der Waals surface area (Å²) in [5.41, 5.74) is 1.84. The van der Waals surface area contributed by atoms with Crippen molar-refractivity contribution in [2.45, 2.75) is 44.9 Å². The van der Waals surface area contributed by atoms with Crippen molar-refractivity contribution in [2.24, 2.45) is 0 Å². The average Bonchev–Trinajstić information content (AvgIpc) is 3.22. The van der Waals surface area contributed by atoms with Crippen LogP contribution in [-0.2, 0) is 4.74 Å². The van der Waals surface area contributed by atoms with E-state index in [1.165, 1.54) is 11.3 Å². The van der Waals surface area contributed by atoms with E-state index in [0.717, 1.165) is 34.8 Å². The van der Waals surface area contributed by atoms with Crippen LogP contribution in [0.3, 0.4) is 0 Å². The number of thiophene rings is 1. The van der Waals surface area contributed by atoms with Gasteiger partial charge in [-0.15, -0.1) is 11.3 Å². The number of carbonyl (C=O) groups excluding carboxylic acids is 1. The second-order valence-electron chi connectivity index (χ2n) is 9.53. The number of aromatic amines is 2. The summed E-state index contributed by atoms with van der Waals surface area (Å²) < 4.78 is 7.55. The summed E-state index contributed by atoms with van der Waals surface area (Å²) in [7, 11) is 0. The minimum atomic E-state index is -0.313. The number of aromatic nitrogens is 5. The van der Waals surface area contributed by atoms with E-state index in [1.807, 2.05) is 43.0 Å². The Morgan fingerprint density at radius 2 is 2.03 bits per heavy atom. The van der Waals surface area contributed by atoms with Crippen LogP contribution in [-0.4, -0.2) is 66.7 Å². The van der Waals surface area contributed by atoms with Gasteiger partial charge in [0, 0.05) is 30.8 Å². The smallest absolute Gasteiger partial charge is 0.323 e. The van der Waals surface area contributed by atoms with Gasteiger partial charge in [0.2, 0.25) is 0 Å². The van der Waals surface area contributed by atoms with Crippen molar-refractivity contribution >= 4 is 41.4 Å². The van der Waals surface area contributed by atoms with Gasteiger partial charge in [-0.05, 0) is 44.9 Å². The van der Waals surface area contributed by atoms with Gasteiger partial charge in [0.05, 0.1) is 44.6 Å². The van der Waals surface area contributed by atoms with Crippen molar-refractivity contribution in [1.82, 2.24) is 29.5 Å². The van der Waals surface area contributed by atoms with Crippen LogP contribution in [0.2, 0.25) is 0 Å². The molecule has 5 heterocycles. The molecule has 1 saturated carbocycles. The van der Waals surface area contributed by atoms with Crippen LogP contribution in [0, 0.1) is 0 Å². The first kappa shape index (κ1) is 22.7. The van der Waals surface area contributed by atoms with E-state index in [9.17, 15) is 9.59 Å². The Bertz CT molecular complexity index is 1620. The highest BCUT2D eigenvalue weighted by molar-refractivity contribution is 7.17. The second kappa shape index (κ2) is 8.75. The molecule has 2 atom stereocenters. The SMILES string of the molecule is C=c1[nH]c(=O)[nH]/c1=C\c1cnn2c(NC3CC3)cc(-c3ccc(C(=O)N4CC(C)OC(C)C4)s3)nc12. The molecule has 36 heavy (non-hydrogen) atoms. The Kier molecular flexibility index (Phi) is 5.53. The molecule has 2 unspecified atom stereocenters. The largest absolute Gasteiger partial charge is 0.372 e. The molecule has 3 N–H and O–H groups in total. The molecule has 4 aromatic heterocycles. The number of carbonyl (C=O) groups is 1. The zero-order valence-electron chi connectivity index (χ0n) is 20.1. The van der Waals surface area contributed by atoms with E-state index in [4.69, 9.17) is 9.72 Å². The molecule has 1 aliphatic heterocycles. The van der Waals surface area contributed by atoms with E-state index in [-0.39, 0.29) is 23.8 Å². The fraction of sp³-hybridized carbons (Fsp3) is 0.360. The molecular formula is C25H27N7O3S. The lowest BCUT2D eigenvalue weighted by Gasteiger charge is -2.35. The maximum atomic E-state index is 13.2. The third-order valence-electron chi connectivity index (χ3n) is 6.34. The monoisotopic (exact) mass is 505 g/mol. The number of anilines is 1. The standard InChI is InChI=1S/C25H27N7O3S/c1-13-11-31(12-14(2)35-13)24(33)21-7-6-20(36-21)19-9-22(28-17-4-5-17)32-23(29-19)16(10-26-32)8-18-15(3)27-25(34)30-18/h6-10,13-14,17,28H,3-5,11-12H2,1-2H3,(H2,27,30,34)/b18-8-. The number of nitrogens with one attached hydrogen (secondary N) is 3. The van der Waals surface area contributed by atoms with Crippen molar-refractivity contribution in [3.63, 3.8) is 0 Å². The van der Waals surface area contributed by atoms with Crippen LogP contribution in [0.4, 0.5) is 5.82 Å². The summed E-state index contributed by atoms with van der Waals surface area (Å²) in [6.07, 6.45) is 5.79. The molecule has 2 fully saturated rings. The van der Waals surface area contributed by atoms with E-state index < -0.39 is 0 Å². The molecule has 2 aliphatic rings. The Morgan fingerprint density at radius 3 is 2.72 bits per heavy atom. The first-order valence-electron chi connectivity index (χ1n) is 12.0. The number of hydrogen-bond donors (Lipinski definition) is 3. The predicted molar refractivity (Wildman–Crippen MR) is 139 cm³/mol. The van der Waals surface area contributed by atoms with E-state index in [2.05, 4.69) is 27.0 Å². The van der Waals surface area contributed by atoms with Gasteiger partial charge in [-0.3, -0.25) is 4.79 Å². The lowest BCUT2D eigenvalue weighted by Crippen LogP contribution is -2.48. The average molecular weight is 506 g/mol. The molecule has 0 bridgehead atoms. The van der Waals surface area contributed by atoms with Gasteiger partial charge in [0.1, 0.15) is 5.82 Å². The number of amides is 1. The van der Waals surface area contributed by atoms with Crippen LogP contribution >= 0.6 is 11.3 Å². The lowest BCUT2D eigenvalue weighted by atomic mass is 10.2. The van der Waals surface area contributed by atoms with E-state index in [0.29, 0.717) is 40.4 Å². The molecule has 1 saturated heterocycles. The lowest BCUT2D eigenvalue weighted by molar-refractivity contribution is -0.0585. The van der Waals surface area contributed by atoms with E-state index >= 15 is 0 Å². The number of hydrogen-bond acceptors (Lipinski definition) is 7. The van der Waals surface area contributed by atoms with Gasteiger partial charge in [-0.2, -0.15) is 9.61 Å². The summed E-state index contributed by atoms with van der Waals surface area (Å²) in [6.45, 7) is 9.03. The second-order valence-corrected chi connectivity index (χ2v) is 10.6. The number of H-pyrrole nitrogens is 2. The Morgan fingerprint density at radius 1 is 1.25 bits per heavy atom. The topological polar surface area (TPSA) is 120 Å². The fourth-order valence-electron chi connectivity index (χ4n) is 4.55. The number of ether oxygens (including phenoxy) is 1. The van der Waals surface area contributed by atoms with Crippen LogP contribution in [0.25, 0.3) is 28.9 Å². The maximum Gasteiger partial charge on any atom is 0.323 e. The van der Waals surface area contributed by atoms with Gasteiger partial charge in [0.15, 0.2) is 5.65 Å². The summed E-state index contributed by atoms with van der Waals surface area (Å²) in [4.78, 5) is 38.6. The Balaban J connectivity index is 1.40. The number of imidazole rings is 1. The highest BCUT2D eigenvalue weighted by Crippen LogP contribution is 2.32. The minimum absolute atomic E-state index is 0.0163. The molecule has 0 spiro atoms. The first-order chi connectivity index (χ1) is 17.3. The number of fused-ring (bicyclic) bond motifs is 1. The third-order valence-corrected chi connectivity index (χ3v) is 7.44. The molecule has 1 aliphatic carbocycles. The summed E-state index contributed by atoms with van der Waals surface area (Å²) >= 11 is 1.44. The zero-order valence-corrected chi connectivity index (χ0v) is 20.9. The van der Waals surface area contributed by atoms with Gasteiger partial charge in [-0.1, -0.05) is 6.58 Å². The Labute approximate surface area is 210 Å². The zero-order chi connectivity index (χ0) is 25.0. The predicted octanol–water partition coefficient (Wildman–Crippen LogP) is 1.54. The number of nitrogens with zero attached hydrogens (tertiary/aromatic N) is 4. The normalized spacial score (nSPS) is 20.8. The van der Waals surface area contributed by atoms with Gasteiger partial charge < -0.3 is 24.9 Å². The van der Waals surface area contributed by atoms with Gasteiger partial charge >= 0.3 is 5.69 Å². The van der Waals surface area contributed by atoms with Crippen LogP contribution in [0.5, 0.6) is 0 Å². The molecule has 4 aromatic rings. The molecule has 0 aromatic carbocycles. The van der Waals surface area contributed by atoms with Crippen molar-refractivity contribution in [3.8, 4) is 10.6 Å². The highest BCUT2D eigenvalue weighted by Gasteiger charge is 2.28. The quantitative estimate of drug-likeness (QED) is 0.378. The molecule has 1 amide bonds. The summed E-state index contributed by atoms with van der Waals surface area (Å²) in [5, 5.41) is 9.16. The number of rotatable bonds is 5. The molecule has 6 rings (SSSR count). The highest BCUT2D eigenvalue weighted by atomic mass is 32.1. The number of morpholine rings is 1. The van der Waals surface area contributed by atoms with Gasteiger partial charge in [-0.25, -0.2) is 9.78 Å². The van der Waals surface area contributed by atoms with E-state index in [1.54, 1.807) is 10.7 Å². The third kappa shape index (κ3) is 4.35. The van der Waals surface area contributed by atoms with Crippen LogP contribution < -0.4 is 21.7 Å². The van der Waals surface area contributed by atoms with Crippen LogP contribution in [0.1, 0.15) is 41.9 Å². The van der Waals surface area contributed by atoms with Crippen LogP contribution in [0.15, 0.2) is 29.2 Å². The molecule has 11 heteroatoms. The molecule has 186 valence electrons. The van der Waals surface area contributed by atoms with Crippen molar-refractivity contribution in [2.75, 3.05) is 18.4 Å². The fourth-order valence-corrected chi connectivity index (χ4v) is 5.48. The van der Waals surface area contributed by atoms with Crippen molar-refractivity contribution in [3.05, 3.63) is 56.0 Å². The maximum absolute atomic E-state index is 13.2.